The number of alkyl halides is 3. The quantitative estimate of drug-likeness (QED) is 0.483. The molecule has 0 saturated heterocycles. The van der Waals surface area contributed by atoms with Gasteiger partial charge in [0.15, 0.2) is 0 Å². The van der Waals surface area contributed by atoms with E-state index < -0.39 is 29.3 Å². The number of nitriles is 1. The van der Waals surface area contributed by atoms with Crippen molar-refractivity contribution in [2.24, 2.45) is 0 Å². The second-order valence-electron chi connectivity index (χ2n) is 5.62. The maximum absolute atomic E-state index is 12.6. The summed E-state index contributed by atoms with van der Waals surface area (Å²) in [6.07, 6.45) is -3.82. The molecular formula is C19H14ClF3N4O4. The summed E-state index contributed by atoms with van der Waals surface area (Å²) in [6, 6.07) is 7.76. The van der Waals surface area contributed by atoms with E-state index in [2.05, 4.69) is 15.0 Å². The Labute approximate surface area is 179 Å². The van der Waals surface area contributed by atoms with Crippen molar-refractivity contribution in [1.82, 2.24) is 10.3 Å². The molecule has 12 heteroatoms. The van der Waals surface area contributed by atoms with Gasteiger partial charge in [0.1, 0.15) is 17.4 Å². The van der Waals surface area contributed by atoms with E-state index in [1.54, 1.807) is 13.0 Å². The van der Waals surface area contributed by atoms with Gasteiger partial charge in [-0.05, 0) is 31.2 Å². The van der Waals surface area contributed by atoms with Gasteiger partial charge in [0.25, 0.3) is 5.91 Å². The van der Waals surface area contributed by atoms with Gasteiger partial charge >= 0.3 is 12.3 Å². The van der Waals surface area contributed by atoms with Gasteiger partial charge in [0.2, 0.25) is 5.88 Å². The molecule has 0 radical (unpaired) electrons. The number of carbonyl (C=O) groups is 2. The number of pyridine rings is 1. The number of carbonyl (C=O) groups excluding carboxylic acids is 2. The summed E-state index contributed by atoms with van der Waals surface area (Å²) >= 11 is 6.10. The van der Waals surface area contributed by atoms with Crippen LogP contribution >= 0.6 is 11.6 Å². The lowest BCUT2D eigenvalue weighted by Gasteiger charge is -2.10. The van der Waals surface area contributed by atoms with Crippen LogP contribution in [0.5, 0.6) is 11.6 Å². The molecule has 8 nitrogen and oxygen atoms in total. The van der Waals surface area contributed by atoms with Crippen molar-refractivity contribution in [3.8, 4) is 17.7 Å². The first kappa shape index (κ1) is 23.5. The summed E-state index contributed by atoms with van der Waals surface area (Å²) in [6.45, 7) is 1.61. The van der Waals surface area contributed by atoms with E-state index in [9.17, 15) is 22.8 Å². The van der Waals surface area contributed by atoms with E-state index in [1.165, 1.54) is 18.2 Å². The predicted octanol–water partition coefficient (Wildman–Crippen LogP) is 4.64. The lowest BCUT2D eigenvalue weighted by atomic mass is 10.2. The average molecular weight is 455 g/mol. The summed E-state index contributed by atoms with van der Waals surface area (Å²) in [5, 5.41) is 13.7. The Morgan fingerprint density at radius 3 is 2.58 bits per heavy atom. The maximum atomic E-state index is 12.6. The van der Waals surface area contributed by atoms with Crippen molar-refractivity contribution in [1.29, 1.82) is 5.26 Å². The van der Waals surface area contributed by atoms with Crippen molar-refractivity contribution in [2.75, 3.05) is 11.9 Å². The number of benzene rings is 1. The van der Waals surface area contributed by atoms with Gasteiger partial charge < -0.3 is 14.8 Å². The molecule has 2 amide bonds. The first-order valence-corrected chi connectivity index (χ1v) is 8.87. The summed E-state index contributed by atoms with van der Waals surface area (Å²) in [5.41, 5.74) is -0.967. The molecule has 0 aliphatic carbocycles. The fourth-order valence-corrected chi connectivity index (χ4v) is 2.24. The van der Waals surface area contributed by atoms with Crippen LogP contribution in [0.1, 0.15) is 12.5 Å². The minimum absolute atomic E-state index is 0.0534. The molecule has 0 spiro atoms. The monoisotopic (exact) mass is 454 g/mol. The number of amides is 2. The Hall–Kier alpha value is -3.78. The van der Waals surface area contributed by atoms with Crippen LogP contribution < -0.4 is 15.4 Å². The standard InChI is InChI=1S/C19H14ClF3N4O4/c1-2-30-18(29)27-17(28)11(8-24)9-25-13-4-5-15(14(20)7-13)31-16-6-3-12(10-26-16)19(21,22)23/h3-7,9-10,25H,2H2,1H3,(H,27,28,29)/b11-9-. The van der Waals surface area contributed by atoms with Crippen LogP contribution in [0.15, 0.2) is 48.3 Å². The lowest BCUT2D eigenvalue weighted by molar-refractivity contribution is -0.137. The highest BCUT2D eigenvalue weighted by atomic mass is 35.5. The molecule has 0 unspecified atom stereocenters. The third-order valence-electron chi connectivity index (χ3n) is 3.45. The highest BCUT2D eigenvalue weighted by molar-refractivity contribution is 6.32. The van der Waals surface area contributed by atoms with Crippen LogP contribution in [0.25, 0.3) is 0 Å². The minimum atomic E-state index is -4.51. The summed E-state index contributed by atoms with van der Waals surface area (Å²) < 4.78 is 47.6. The molecule has 1 aromatic carbocycles. The zero-order chi connectivity index (χ0) is 23.0. The number of imide groups is 1. The fraction of sp³-hybridized carbons (Fsp3) is 0.158. The largest absolute Gasteiger partial charge is 0.450 e. The zero-order valence-corrected chi connectivity index (χ0v) is 16.5. The third kappa shape index (κ3) is 6.90. The molecule has 0 aliphatic heterocycles. The predicted molar refractivity (Wildman–Crippen MR) is 103 cm³/mol. The molecule has 0 aliphatic rings. The summed E-state index contributed by atoms with van der Waals surface area (Å²) in [7, 11) is 0. The Morgan fingerprint density at radius 1 is 1.29 bits per heavy atom. The van der Waals surface area contributed by atoms with Crippen molar-refractivity contribution in [2.45, 2.75) is 13.1 Å². The number of ether oxygens (including phenoxy) is 2. The van der Waals surface area contributed by atoms with Crippen LogP contribution in [-0.2, 0) is 15.7 Å². The molecule has 1 heterocycles. The Morgan fingerprint density at radius 2 is 2.03 bits per heavy atom. The highest BCUT2D eigenvalue weighted by Crippen LogP contribution is 2.33. The molecule has 0 fully saturated rings. The number of aromatic nitrogens is 1. The number of alkyl carbamates (subject to hydrolysis) is 1. The van der Waals surface area contributed by atoms with Crippen molar-refractivity contribution < 1.29 is 32.2 Å². The van der Waals surface area contributed by atoms with E-state index in [0.29, 0.717) is 11.9 Å². The molecule has 0 atom stereocenters. The van der Waals surface area contributed by atoms with Crippen molar-refractivity contribution in [3.63, 3.8) is 0 Å². The van der Waals surface area contributed by atoms with Gasteiger partial charge in [-0.15, -0.1) is 0 Å². The van der Waals surface area contributed by atoms with Gasteiger partial charge in [-0.3, -0.25) is 10.1 Å². The second-order valence-corrected chi connectivity index (χ2v) is 6.03. The number of hydrogen-bond donors (Lipinski definition) is 2. The number of rotatable bonds is 6. The number of nitrogens with one attached hydrogen (secondary N) is 2. The van der Waals surface area contributed by atoms with Gasteiger partial charge in [-0.2, -0.15) is 18.4 Å². The normalized spacial score (nSPS) is 11.3. The van der Waals surface area contributed by atoms with E-state index in [1.807, 2.05) is 5.32 Å². The smallest absolute Gasteiger partial charge is 0.417 e. The van der Waals surface area contributed by atoms with E-state index in [4.69, 9.17) is 21.6 Å². The summed E-state index contributed by atoms with van der Waals surface area (Å²) in [4.78, 5) is 26.7. The average Bonchev–Trinajstić information content (AvgIpc) is 2.70. The molecule has 1 aromatic heterocycles. The Kier molecular flexibility index (Phi) is 7.81. The van der Waals surface area contributed by atoms with E-state index in [0.717, 1.165) is 18.3 Å². The van der Waals surface area contributed by atoms with Gasteiger partial charge in [-0.1, -0.05) is 11.6 Å². The maximum Gasteiger partial charge on any atom is 0.417 e. The van der Waals surface area contributed by atoms with Crippen LogP contribution in [0, 0.1) is 11.3 Å². The molecule has 162 valence electrons. The Balaban J connectivity index is 2.06. The minimum Gasteiger partial charge on any atom is -0.450 e. The zero-order valence-electron chi connectivity index (χ0n) is 15.8. The molecule has 0 saturated carbocycles. The third-order valence-corrected chi connectivity index (χ3v) is 3.74. The van der Waals surface area contributed by atoms with Gasteiger partial charge in [0, 0.05) is 24.2 Å². The van der Waals surface area contributed by atoms with Gasteiger partial charge in [-0.25, -0.2) is 9.78 Å². The topological polar surface area (TPSA) is 113 Å². The van der Waals surface area contributed by atoms with Crippen LogP contribution in [0.2, 0.25) is 5.02 Å². The Bertz CT molecular complexity index is 1030. The van der Waals surface area contributed by atoms with E-state index >= 15 is 0 Å². The first-order valence-electron chi connectivity index (χ1n) is 8.49. The van der Waals surface area contributed by atoms with Crippen molar-refractivity contribution >= 4 is 29.3 Å². The van der Waals surface area contributed by atoms with Crippen LogP contribution in [0.4, 0.5) is 23.7 Å². The molecular weight excluding hydrogens is 441 g/mol. The number of hydrogen-bond acceptors (Lipinski definition) is 7. The lowest BCUT2D eigenvalue weighted by Crippen LogP contribution is -2.32. The molecule has 2 aromatic rings. The molecule has 2 rings (SSSR count). The van der Waals surface area contributed by atoms with Crippen LogP contribution in [0.3, 0.4) is 0 Å². The highest BCUT2D eigenvalue weighted by Gasteiger charge is 2.30. The number of halogens is 4. The second kappa shape index (κ2) is 10.3. The first-order chi connectivity index (χ1) is 14.6. The molecule has 31 heavy (non-hydrogen) atoms. The summed E-state index contributed by atoms with van der Waals surface area (Å²) in [5.74, 6) is -0.949. The van der Waals surface area contributed by atoms with Crippen molar-refractivity contribution in [3.05, 3.63) is 58.9 Å². The molecule has 2 N–H and O–H groups in total. The van der Waals surface area contributed by atoms with E-state index in [-0.39, 0.29) is 23.3 Å². The molecule has 0 bridgehead atoms. The number of anilines is 1. The SMILES string of the molecule is CCOC(=O)NC(=O)/C(C#N)=C\Nc1ccc(Oc2ccc(C(F)(F)F)cn2)c(Cl)c1. The van der Waals surface area contributed by atoms with Crippen LogP contribution in [-0.4, -0.2) is 23.6 Å². The van der Waals surface area contributed by atoms with Gasteiger partial charge in [0.05, 0.1) is 17.2 Å². The number of nitrogens with zero attached hydrogens (tertiary/aromatic N) is 2. The fourth-order valence-electron chi connectivity index (χ4n) is 2.03.